The van der Waals surface area contributed by atoms with E-state index in [0.717, 1.165) is 28.6 Å². The van der Waals surface area contributed by atoms with Crippen LogP contribution in [0.2, 0.25) is 0 Å². The number of fused-ring (bicyclic) bond motifs is 1. The molecular formula is C22H18N2O. The second kappa shape index (κ2) is 6.73. The summed E-state index contributed by atoms with van der Waals surface area (Å²) in [5.41, 5.74) is 6.15. The number of rotatable bonds is 4. The van der Waals surface area contributed by atoms with E-state index in [9.17, 15) is 0 Å². The predicted octanol–water partition coefficient (Wildman–Crippen LogP) is 5.62. The van der Waals surface area contributed by atoms with Crippen molar-refractivity contribution in [2.45, 2.75) is 13.3 Å². The molecule has 3 nitrogen and oxygen atoms in total. The highest BCUT2D eigenvalue weighted by Gasteiger charge is 2.08. The van der Waals surface area contributed by atoms with Crippen LogP contribution in [0.3, 0.4) is 0 Å². The van der Waals surface area contributed by atoms with E-state index < -0.39 is 0 Å². The molecule has 0 radical (unpaired) electrons. The lowest BCUT2D eigenvalue weighted by molar-refractivity contribution is 0.619. The Kier molecular flexibility index (Phi) is 4.13. The molecule has 0 unspecified atom stereocenters. The average molecular weight is 326 g/mol. The first-order valence-corrected chi connectivity index (χ1v) is 8.40. The van der Waals surface area contributed by atoms with Crippen LogP contribution in [0, 0.1) is 0 Å². The van der Waals surface area contributed by atoms with Crippen molar-refractivity contribution < 1.29 is 4.42 Å². The molecule has 4 rings (SSSR count). The SMILES string of the molecule is CCc1ccc(/C=C/c2ccc3oc(-c4cccnc4)nc3c2)cc1. The highest BCUT2D eigenvalue weighted by atomic mass is 16.3. The monoisotopic (exact) mass is 326 g/mol. The van der Waals surface area contributed by atoms with E-state index in [1.807, 2.05) is 30.3 Å². The smallest absolute Gasteiger partial charge is 0.228 e. The molecule has 0 fully saturated rings. The van der Waals surface area contributed by atoms with Crippen LogP contribution in [0.1, 0.15) is 23.6 Å². The van der Waals surface area contributed by atoms with Gasteiger partial charge in [0, 0.05) is 12.4 Å². The van der Waals surface area contributed by atoms with Crippen LogP contribution in [0.15, 0.2) is 71.4 Å². The highest BCUT2D eigenvalue weighted by Crippen LogP contribution is 2.24. The Bertz CT molecular complexity index is 1020. The van der Waals surface area contributed by atoms with Gasteiger partial charge in [-0.25, -0.2) is 4.98 Å². The van der Waals surface area contributed by atoms with Gasteiger partial charge in [0.2, 0.25) is 5.89 Å². The first-order chi connectivity index (χ1) is 12.3. The second-order valence-corrected chi connectivity index (χ2v) is 5.92. The van der Waals surface area contributed by atoms with Crippen LogP contribution in [0.25, 0.3) is 34.7 Å². The number of oxazole rings is 1. The zero-order valence-electron chi connectivity index (χ0n) is 14.0. The van der Waals surface area contributed by atoms with Gasteiger partial charge < -0.3 is 4.42 Å². The quantitative estimate of drug-likeness (QED) is 0.457. The molecule has 0 N–H and O–H groups in total. The zero-order chi connectivity index (χ0) is 17.1. The van der Waals surface area contributed by atoms with Crippen molar-refractivity contribution in [1.82, 2.24) is 9.97 Å². The summed E-state index contributed by atoms with van der Waals surface area (Å²) in [5, 5.41) is 0. The fourth-order valence-electron chi connectivity index (χ4n) is 2.72. The van der Waals surface area contributed by atoms with Gasteiger partial charge in [-0.1, -0.05) is 49.4 Å². The Morgan fingerprint density at radius 1 is 0.960 bits per heavy atom. The van der Waals surface area contributed by atoms with Crippen LogP contribution in [-0.4, -0.2) is 9.97 Å². The largest absolute Gasteiger partial charge is 0.436 e. The molecule has 0 aliphatic rings. The number of aryl methyl sites for hydroxylation is 1. The van der Waals surface area contributed by atoms with Crippen molar-refractivity contribution in [3.63, 3.8) is 0 Å². The predicted molar refractivity (Wildman–Crippen MR) is 102 cm³/mol. The van der Waals surface area contributed by atoms with Crippen LogP contribution < -0.4 is 0 Å². The molecule has 0 saturated carbocycles. The molecule has 122 valence electrons. The average Bonchev–Trinajstić information content (AvgIpc) is 3.11. The van der Waals surface area contributed by atoms with E-state index in [1.165, 1.54) is 11.1 Å². The molecule has 2 heterocycles. The van der Waals surface area contributed by atoms with Crippen LogP contribution in [0.5, 0.6) is 0 Å². The van der Waals surface area contributed by atoms with E-state index in [0.29, 0.717) is 5.89 Å². The molecule has 0 saturated heterocycles. The lowest BCUT2D eigenvalue weighted by atomic mass is 10.1. The van der Waals surface area contributed by atoms with Crippen LogP contribution in [0.4, 0.5) is 0 Å². The van der Waals surface area contributed by atoms with Gasteiger partial charge in [0.05, 0.1) is 5.56 Å². The third kappa shape index (κ3) is 3.36. The minimum atomic E-state index is 0.597. The van der Waals surface area contributed by atoms with E-state index in [1.54, 1.807) is 12.4 Å². The van der Waals surface area contributed by atoms with Crippen LogP contribution >= 0.6 is 0 Å². The standard InChI is InChI=1S/C22H18N2O/c1-2-16-5-7-17(8-6-16)9-10-18-11-12-21-20(14-18)24-22(25-21)19-4-3-13-23-15-19/h3-15H,2H2,1H3/b10-9+. The minimum absolute atomic E-state index is 0.597. The summed E-state index contributed by atoms with van der Waals surface area (Å²) in [7, 11) is 0. The summed E-state index contributed by atoms with van der Waals surface area (Å²) in [5.74, 6) is 0.597. The van der Waals surface area contributed by atoms with E-state index >= 15 is 0 Å². The number of hydrogen-bond acceptors (Lipinski definition) is 3. The van der Waals surface area contributed by atoms with Crippen molar-refractivity contribution in [3.05, 3.63) is 83.7 Å². The van der Waals surface area contributed by atoms with Crippen LogP contribution in [-0.2, 0) is 6.42 Å². The Hall–Kier alpha value is -3.20. The number of hydrogen-bond donors (Lipinski definition) is 0. The molecule has 0 spiro atoms. The normalized spacial score (nSPS) is 11.4. The van der Waals surface area contributed by atoms with E-state index in [-0.39, 0.29) is 0 Å². The molecule has 4 aromatic rings. The highest BCUT2D eigenvalue weighted by molar-refractivity contribution is 5.81. The van der Waals surface area contributed by atoms with Gasteiger partial charge in [0.25, 0.3) is 0 Å². The fourth-order valence-corrected chi connectivity index (χ4v) is 2.72. The van der Waals surface area contributed by atoms with Gasteiger partial charge in [-0.15, -0.1) is 0 Å². The Balaban J connectivity index is 1.61. The third-order valence-electron chi connectivity index (χ3n) is 4.18. The van der Waals surface area contributed by atoms with Gasteiger partial charge in [-0.05, 0) is 47.4 Å². The number of pyridine rings is 1. The van der Waals surface area contributed by atoms with Crippen molar-refractivity contribution in [2.24, 2.45) is 0 Å². The number of nitrogens with zero attached hydrogens (tertiary/aromatic N) is 2. The van der Waals surface area contributed by atoms with Crippen molar-refractivity contribution in [1.29, 1.82) is 0 Å². The third-order valence-corrected chi connectivity index (χ3v) is 4.18. The maximum atomic E-state index is 5.82. The van der Waals surface area contributed by atoms with Gasteiger partial charge in [-0.3, -0.25) is 4.98 Å². The molecule has 2 aromatic carbocycles. The van der Waals surface area contributed by atoms with Gasteiger partial charge in [0.1, 0.15) is 5.52 Å². The Morgan fingerprint density at radius 2 is 1.76 bits per heavy atom. The Labute approximate surface area is 146 Å². The minimum Gasteiger partial charge on any atom is -0.436 e. The molecule has 0 bridgehead atoms. The fraction of sp³-hybridized carbons (Fsp3) is 0.0909. The van der Waals surface area contributed by atoms with E-state index in [4.69, 9.17) is 4.42 Å². The van der Waals surface area contributed by atoms with Crippen molar-refractivity contribution in [3.8, 4) is 11.5 Å². The molecule has 0 amide bonds. The summed E-state index contributed by atoms with van der Waals surface area (Å²) in [6.07, 6.45) is 8.77. The number of aromatic nitrogens is 2. The maximum absolute atomic E-state index is 5.82. The summed E-state index contributed by atoms with van der Waals surface area (Å²) in [4.78, 5) is 8.69. The second-order valence-electron chi connectivity index (χ2n) is 5.92. The molecule has 3 heteroatoms. The molecule has 2 aromatic heterocycles. The topological polar surface area (TPSA) is 38.9 Å². The van der Waals surface area contributed by atoms with Gasteiger partial charge in [-0.2, -0.15) is 0 Å². The summed E-state index contributed by atoms with van der Waals surface area (Å²) < 4.78 is 5.82. The summed E-state index contributed by atoms with van der Waals surface area (Å²) in [6.45, 7) is 2.16. The summed E-state index contributed by atoms with van der Waals surface area (Å²) >= 11 is 0. The van der Waals surface area contributed by atoms with Crippen molar-refractivity contribution >= 4 is 23.3 Å². The first-order valence-electron chi connectivity index (χ1n) is 8.40. The summed E-state index contributed by atoms with van der Waals surface area (Å²) in [6, 6.07) is 18.5. The molecule has 0 aliphatic heterocycles. The molecule has 25 heavy (non-hydrogen) atoms. The lowest BCUT2D eigenvalue weighted by Gasteiger charge is -1.97. The Morgan fingerprint density at radius 3 is 2.52 bits per heavy atom. The van der Waals surface area contributed by atoms with Crippen molar-refractivity contribution in [2.75, 3.05) is 0 Å². The maximum Gasteiger partial charge on any atom is 0.228 e. The number of benzene rings is 2. The molecule has 0 aliphatic carbocycles. The van der Waals surface area contributed by atoms with Gasteiger partial charge >= 0.3 is 0 Å². The molecule has 0 atom stereocenters. The zero-order valence-corrected chi connectivity index (χ0v) is 14.0. The lowest BCUT2D eigenvalue weighted by Crippen LogP contribution is -1.79. The first kappa shape index (κ1) is 15.3. The van der Waals surface area contributed by atoms with E-state index in [2.05, 4.69) is 53.3 Å². The van der Waals surface area contributed by atoms with Gasteiger partial charge in [0.15, 0.2) is 5.58 Å². The molecular weight excluding hydrogens is 308 g/mol.